The molecule has 2 atom stereocenters. The molecule has 0 aliphatic rings. The molecule has 2 N–H and O–H groups in total. The van der Waals surface area contributed by atoms with Crippen molar-refractivity contribution in [1.82, 2.24) is 15.5 Å². The second-order valence-corrected chi connectivity index (χ2v) is 10.5. The van der Waals surface area contributed by atoms with Crippen LogP contribution < -0.4 is 10.6 Å². The lowest BCUT2D eigenvalue weighted by Crippen LogP contribution is -2.59. The summed E-state index contributed by atoms with van der Waals surface area (Å²) in [5.74, 6) is -1.18. The van der Waals surface area contributed by atoms with Crippen molar-refractivity contribution in [2.75, 3.05) is 20.2 Å². The Balaban J connectivity index is 3.07. The Labute approximate surface area is 197 Å². The predicted octanol–water partition coefficient (Wildman–Crippen LogP) is 4.03. The maximum atomic E-state index is 13.5. The highest BCUT2D eigenvalue weighted by Gasteiger charge is 2.37. The molecule has 7 nitrogen and oxygen atoms in total. The zero-order valence-electron chi connectivity index (χ0n) is 20.5. The van der Waals surface area contributed by atoms with E-state index in [1.807, 2.05) is 60.6 Å². The fourth-order valence-electron chi connectivity index (χ4n) is 3.27. The summed E-state index contributed by atoms with van der Waals surface area (Å²) in [5, 5.41) is 6.27. The van der Waals surface area contributed by atoms with E-state index in [1.165, 1.54) is 7.11 Å². The lowest BCUT2D eigenvalue weighted by molar-refractivity contribution is -0.147. The van der Waals surface area contributed by atoms with Crippen LogP contribution in [0.5, 0.6) is 0 Å². The molecule has 0 radical (unpaired) electrons. The molecule has 0 unspecified atom stereocenters. The summed E-state index contributed by atoms with van der Waals surface area (Å²) in [4.78, 5) is 40.1. The van der Waals surface area contributed by atoms with Crippen LogP contribution in [0.3, 0.4) is 0 Å². The summed E-state index contributed by atoms with van der Waals surface area (Å²) < 4.78 is 5.00. The quantitative estimate of drug-likeness (QED) is 0.565. The molecular formula is C24H38ClN3O4. The van der Waals surface area contributed by atoms with Crippen molar-refractivity contribution >= 4 is 29.5 Å². The zero-order valence-corrected chi connectivity index (χ0v) is 21.3. The molecular weight excluding hydrogens is 430 g/mol. The molecule has 0 spiro atoms. The van der Waals surface area contributed by atoms with Gasteiger partial charge in [-0.1, -0.05) is 44.5 Å². The van der Waals surface area contributed by atoms with E-state index in [0.717, 1.165) is 5.56 Å². The summed E-state index contributed by atoms with van der Waals surface area (Å²) in [6.45, 7) is 13.7. The molecule has 0 aromatic heterocycles. The number of methoxy groups -OCH3 is 1. The number of carbonyl (C=O) groups excluding carboxylic acids is 3. The van der Waals surface area contributed by atoms with Crippen LogP contribution in [0.15, 0.2) is 24.3 Å². The molecule has 32 heavy (non-hydrogen) atoms. The number of ether oxygens (including phenoxy) is 1. The molecule has 0 aliphatic carbocycles. The standard InChI is InChI=1S/C24H38ClN3O4/c1-9-28(15-17(21(30)32-8)14-16-10-12-18(25)13-11-16)20(29)19(23(2,3)4)26-22(31)27-24(5,6)7/h10-13,17,19H,9,14-15H2,1-8H3,(H2,26,27,31)/t17-,19+/m0/s1. The Morgan fingerprint density at radius 3 is 2.06 bits per heavy atom. The van der Waals surface area contributed by atoms with Crippen LogP contribution >= 0.6 is 11.6 Å². The Bertz CT molecular complexity index is 782. The monoisotopic (exact) mass is 467 g/mol. The van der Waals surface area contributed by atoms with Crippen LogP contribution in [0.4, 0.5) is 4.79 Å². The normalized spacial score (nSPS) is 13.7. The minimum Gasteiger partial charge on any atom is -0.469 e. The van der Waals surface area contributed by atoms with Crippen LogP contribution in [0, 0.1) is 11.3 Å². The lowest BCUT2D eigenvalue weighted by atomic mass is 9.85. The van der Waals surface area contributed by atoms with Crippen LogP contribution in [0.2, 0.25) is 5.02 Å². The average Bonchev–Trinajstić information content (AvgIpc) is 2.67. The lowest BCUT2D eigenvalue weighted by Gasteiger charge is -2.36. The first kappa shape index (κ1) is 27.8. The van der Waals surface area contributed by atoms with Crippen molar-refractivity contribution in [3.05, 3.63) is 34.9 Å². The zero-order chi connectivity index (χ0) is 24.7. The maximum absolute atomic E-state index is 13.5. The topological polar surface area (TPSA) is 87.7 Å². The van der Waals surface area contributed by atoms with E-state index in [-0.39, 0.29) is 12.5 Å². The number of nitrogens with one attached hydrogen (secondary N) is 2. The van der Waals surface area contributed by atoms with Gasteiger partial charge in [-0.25, -0.2) is 4.79 Å². The molecule has 0 heterocycles. The minimum atomic E-state index is -0.765. The fraction of sp³-hybridized carbons (Fsp3) is 0.625. The average molecular weight is 468 g/mol. The van der Waals surface area contributed by atoms with Gasteiger partial charge >= 0.3 is 12.0 Å². The van der Waals surface area contributed by atoms with E-state index in [9.17, 15) is 14.4 Å². The highest BCUT2D eigenvalue weighted by Crippen LogP contribution is 2.23. The molecule has 1 aromatic carbocycles. The minimum absolute atomic E-state index is 0.180. The number of hydrogen-bond donors (Lipinski definition) is 2. The molecule has 0 saturated heterocycles. The number of likely N-dealkylation sites (N-methyl/N-ethyl adjacent to an activating group) is 1. The number of carbonyl (C=O) groups is 3. The molecule has 1 rings (SSSR count). The van der Waals surface area contributed by atoms with Gasteiger partial charge in [0.25, 0.3) is 0 Å². The van der Waals surface area contributed by atoms with Crippen molar-refractivity contribution < 1.29 is 19.1 Å². The number of halogens is 1. The van der Waals surface area contributed by atoms with Gasteiger partial charge in [0.1, 0.15) is 6.04 Å². The van der Waals surface area contributed by atoms with Crippen LogP contribution in [-0.2, 0) is 20.7 Å². The van der Waals surface area contributed by atoms with Gasteiger partial charge in [-0.15, -0.1) is 0 Å². The molecule has 0 bridgehead atoms. The molecule has 1 aromatic rings. The second-order valence-electron chi connectivity index (χ2n) is 10.1. The Morgan fingerprint density at radius 1 is 1.06 bits per heavy atom. The molecule has 0 aliphatic heterocycles. The van der Waals surface area contributed by atoms with E-state index in [1.54, 1.807) is 17.0 Å². The highest BCUT2D eigenvalue weighted by molar-refractivity contribution is 6.30. The molecule has 3 amide bonds. The summed E-state index contributed by atoms with van der Waals surface area (Å²) in [5.41, 5.74) is -0.0473. The molecule has 180 valence electrons. The van der Waals surface area contributed by atoms with Crippen molar-refractivity contribution in [1.29, 1.82) is 0 Å². The van der Waals surface area contributed by atoms with E-state index in [0.29, 0.717) is 18.0 Å². The fourth-order valence-corrected chi connectivity index (χ4v) is 3.40. The van der Waals surface area contributed by atoms with Crippen LogP contribution in [0.25, 0.3) is 0 Å². The van der Waals surface area contributed by atoms with Crippen molar-refractivity contribution in [2.24, 2.45) is 11.3 Å². The first-order valence-corrected chi connectivity index (χ1v) is 11.3. The number of hydrogen-bond acceptors (Lipinski definition) is 4. The third-order valence-corrected chi connectivity index (χ3v) is 5.19. The Morgan fingerprint density at radius 2 is 1.62 bits per heavy atom. The van der Waals surface area contributed by atoms with E-state index in [4.69, 9.17) is 16.3 Å². The van der Waals surface area contributed by atoms with Gasteiger partial charge in [0, 0.05) is 23.7 Å². The first-order valence-electron chi connectivity index (χ1n) is 10.9. The number of urea groups is 1. The van der Waals surface area contributed by atoms with Crippen molar-refractivity contribution in [3.63, 3.8) is 0 Å². The van der Waals surface area contributed by atoms with Crippen molar-refractivity contribution in [2.45, 2.75) is 66.5 Å². The second kappa shape index (κ2) is 11.5. The largest absolute Gasteiger partial charge is 0.469 e. The highest BCUT2D eigenvalue weighted by atomic mass is 35.5. The summed E-state index contributed by atoms with van der Waals surface area (Å²) in [7, 11) is 1.34. The SMILES string of the molecule is CCN(C[C@H](Cc1ccc(Cl)cc1)C(=O)OC)C(=O)[C@@H](NC(=O)NC(C)(C)C)C(C)(C)C. The molecule has 0 saturated carbocycles. The number of esters is 1. The van der Waals surface area contributed by atoms with Crippen LogP contribution in [0.1, 0.15) is 54.0 Å². The van der Waals surface area contributed by atoms with Gasteiger partial charge < -0.3 is 20.3 Å². The van der Waals surface area contributed by atoms with Gasteiger partial charge in [-0.05, 0) is 57.2 Å². The van der Waals surface area contributed by atoms with E-state index in [2.05, 4.69) is 10.6 Å². The molecule has 8 heteroatoms. The number of benzene rings is 1. The van der Waals surface area contributed by atoms with Gasteiger partial charge in [0.05, 0.1) is 13.0 Å². The molecule has 0 fully saturated rings. The van der Waals surface area contributed by atoms with Crippen LogP contribution in [-0.4, -0.2) is 54.6 Å². The summed E-state index contributed by atoms with van der Waals surface area (Å²) in [6, 6.07) is 6.06. The predicted molar refractivity (Wildman–Crippen MR) is 128 cm³/mol. The third kappa shape index (κ3) is 9.07. The van der Waals surface area contributed by atoms with Gasteiger partial charge in [-0.2, -0.15) is 0 Å². The first-order chi connectivity index (χ1) is 14.7. The number of rotatable bonds is 8. The smallest absolute Gasteiger partial charge is 0.315 e. The summed E-state index contributed by atoms with van der Waals surface area (Å²) in [6.07, 6.45) is 0.408. The van der Waals surface area contributed by atoms with E-state index < -0.39 is 34.9 Å². The van der Waals surface area contributed by atoms with Crippen molar-refractivity contribution in [3.8, 4) is 0 Å². The third-order valence-electron chi connectivity index (χ3n) is 4.94. The van der Waals surface area contributed by atoms with E-state index >= 15 is 0 Å². The Kier molecular flexibility index (Phi) is 10.0. The summed E-state index contributed by atoms with van der Waals surface area (Å²) >= 11 is 5.96. The number of amides is 3. The Hall–Kier alpha value is -2.28. The number of nitrogens with zero attached hydrogens (tertiary/aromatic N) is 1. The van der Waals surface area contributed by atoms with Gasteiger partial charge in [0.15, 0.2) is 0 Å². The maximum Gasteiger partial charge on any atom is 0.315 e. The van der Waals surface area contributed by atoms with Gasteiger partial charge in [0.2, 0.25) is 5.91 Å². The van der Waals surface area contributed by atoms with Gasteiger partial charge in [-0.3, -0.25) is 9.59 Å².